The molecule has 0 radical (unpaired) electrons. The van der Waals surface area contributed by atoms with Gasteiger partial charge in [0.15, 0.2) is 5.11 Å². The Morgan fingerprint density at radius 3 is 2.35 bits per heavy atom. The minimum atomic E-state index is -0.485. The molecule has 1 fully saturated rings. The van der Waals surface area contributed by atoms with Gasteiger partial charge < -0.3 is 4.57 Å². The van der Waals surface area contributed by atoms with Gasteiger partial charge in [-0.3, -0.25) is 19.8 Å². The molecule has 1 aromatic heterocycles. The average Bonchev–Trinajstić information content (AvgIpc) is 3.02. The van der Waals surface area contributed by atoms with Gasteiger partial charge in [-0.05, 0) is 86.9 Å². The van der Waals surface area contributed by atoms with E-state index < -0.39 is 11.8 Å². The van der Waals surface area contributed by atoms with Crippen molar-refractivity contribution < 1.29 is 9.59 Å². The molecule has 2 aromatic carbocycles. The molecule has 2 amide bonds. The number of anilines is 1. The van der Waals surface area contributed by atoms with Crippen molar-refractivity contribution in [1.82, 2.24) is 9.88 Å². The number of para-hydroxylation sites is 1. The number of amides is 2. The van der Waals surface area contributed by atoms with Crippen molar-refractivity contribution in [3.63, 3.8) is 0 Å². The number of nitrogens with zero attached hydrogens (tertiary/aromatic N) is 2. The van der Waals surface area contributed by atoms with Gasteiger partial charge in [-0.1, -0.05) is 30.3 Å². The maximum Gasteiger partial charge on any atom is 0.270 e. The SMILES string of the molecule is Cc1cccc(N2C(=O)C(=Cc3cc(C)n(-c4ccccc4)c3C)C(=O)NC2=S)c1C. The summed E-state index contributed by atoms with van der Waals surface area (Å²) in [6, 6.07) is 17.6. The molecule has 1 N–H and O–H groups in total. The Balaban J connectivity index is 1.79. The van der Waals surface area contributed by atoms with Crippen molar-refractivity contribution >= 4 is 40.9 Å². The number of carbonyl (C=O) groups is 2. The summed E-state index contributed by atoms with van der Waals surface area (Å²) in [5, 5.41) is 2.76. The van der Waals surface area contributed by atoms with E-state index in [9.17, 15) is 9.59 Å². The van der Waals surface area contributed by atoms with Crippen LogP contribution >= 0.6 is 12.2 Å². The fraction of sp³-hybridized carbons (Fsp3) is 0.160. The molecule has 6 heteroatoms. The zero-order valence-electron chi connectivity index (χ0n) is 17.9. The molecule has 3 aromatic rings. The van der Waals surface area contributed by atoms with Gasteiger partial charge in [-0.15, -0.1) is 0 Å². The molecule has 0 bridgehead atoms. The number of nitrogens with one attached hydrogen (secondary N) is 1. The molecule has 31 heavy (non-hydrogen) atoms. The number of aryl methyl sites for hydroxylation is 2. The summed E-state index contributed by atoms with van der Waals surface area (Å²) in [6.45, 7) is 7.89. The second kappa shape index (κ2) is 7.96. The molecule has 4 rings (SSSR count). The smallest absolute Gasteiger partial charge is 0.270 e. The lowest BCUT2D eigenvalue weighted by molar-refractivity contribution is -0.122. The first-order valence-electron chi connectivity index (χ1n) is 10.0. The third kappa shape index (κ3) is 3.59. The zero-order chi connectivity index (χ0) is 22.3. The summed E-state index contributed by atoms with van der Waals surface area (Å²) in [5.41, 5.74) is 6.52. The van der Waals surface area contributed by atoms with E-state index in [-0.39, 0.29) is 10.7 Å². The Bertz CT molecular complexity index is 1260. The maximum absolute atomic E-state index is 13.4. The number of rotatable bonds is 3. The largest absolute Gasteiger partial charge is 0.318 e. The predicted octanol–water partition coefficient (Wildman–Crippen LogP) is 4.54. The Morgan fingerprint density at radius 2 is 1.65 bits per heavy atom. The summed E-state index contributed by atoms with van der Waals surface area (Å²) >= 11 is 5.34. The van der Waals surface area contributed by atoms with Crippen LogP contribution in [0.25, 0.3) is 11.8 Å². The summed E-state index contributed by atoms with van der Waals surface area (Å²) in [7, 11) is 0. The highest BCUT2D eigenvalue weighted by atomic mass is 32.1. The van der Waals surface area contributed by atoms with Gasteiger partial charge in [0.25, 0.3) is 11.8 Å². The van der Waals surface area contributed by atoms with Crippen molar-refractivity contribution in [1.29, 1.82) is 0 Å². The highest BCUT2D eigenvalue weighted by Gasteiger charge is 2.35. The zero-order valence-corrected chi connectivity index (χ0v) is 18.7. The van der Waals surface area contributed by atoms with E-state index in [1.54, 1.807) is 6.08 Å². The van der Waals surface area contributed by atoms with Crippen LogP contribution < -0.4 is 10.2 Å². The summed E-state index contributed by atoms with van der Waals surface area (Å²) in [6.07, 6.45) is 1.65. The van der Waals surface area contributed by atoms with E-state index in [1.807, 2.05) is 82.3 Å². The van der Waals surface area contributed by atoms with E-state index >= 15 is 0 Å². The molecule has 0 spiro atoms. The number of thiocarbonyl (C=S) groups is 1. The molecule has 1 saturated heterocycles. The van der Waals surface area contributed by atoms with Gasteiger partial charge in [-0.2, -0.15) is 0 Å². The van der Waals surface area contributed by atoms with E-state index in [0.717, 1.165) is 33.8 Å². The van der Waals surface area contributed by atoms with E-state index in [1.165, 1.54) is 4.90 Å². The van der Waals surface area contributed by atoms with Crippen LogP contribution in [0.15, 0.2) is 60.2 Å². The first kappa shape index (κ1) is 20.8. The van der Waals surface area contributed by atoms with E-state index in [4.69, 9.17) is 12.2 Å². The summed E-state index contributed by atoms with van der Waals surface area (Å²) in [5.74, 6) is -0.909. The Kier molecular flexibility index (Phi) is 5.33. The van der Waals surface area contributed by atoms with Crippen LogP contribution in [0, 0.1) is 27.7 Å². The topological polar surface area (TPSA) is 54.3 Å². The van der Waals surface area contributed by atoms with Gasteiger partial charge in [0.2, 0.25) is 0 Å². The summed E-state index contributed by atoms with van der Waals surface area (Å²) in [4.78, 5) is 27.5. The molecule has 0 saturated carbocycles. The second-order valence-electron chi connectivity index (χ2n) is 7.67. The van der Waals surface area contributed by atoms with Crippen LogP contribution in [0.3, 0.4) is 0 Å². The van der Waals surface area contributed by atoms with Crippen LogP contribution in [-0.2, 0) is 9.59 Å². The Labute approximate surface area is 187 Å². The molecule has 0 aliphatic carbocycles. The number of aromatic nitrogens is 1. The van der Waals surface area contributed by atoms with Gasteiger partial charge in [0, 0.05) is 17.1 Å². The summed E-state index contributed by atoms with van der Waals surface area (Å²) < 4.78 is 2.10. The van der Waals surface area contributed by atoms with E-state index in [2.05, 4.69) is 9.88 Å². The standard InChI is InChI=1S/C25H23N3O2S/c1-15-9-8-12-22(17(15)3)28-24(30)21(23(29)26-25(28)31)14-19-13-16(2)27(18(19)4)20-10-6-5-7-11-20/h5-14H,1-4H3,(H,26,29,31). The molecule has 0 atom stereocenters. The van der Waals surface area contributed by atoms with Crippen LogP contribution in [0.1, 0.15) is 28.1 Å². The molecule has 1 aliphatic rings. The van der Waals surface area contributed by atoms with Gasteiger partial charge in [0.05, 0.1) is 5.69 Å². The van der Waals surface area contributed by atoms with Crippen LogP contribution in [0.4, 0.5) is 5.69 Å². The van der Waals surface area contributed by atoms with Crippen molar-refractivity contribution in [2.75, 3.05) is 4.90 Å². The normalized spacial score (nSPS) is 15.5. The van der Waals surface area contributed by atoms with Crippen LogP contribution in [0.5, 0.6) is 0 Å². The molecular formula is C25H23N3O2S. The maximum atomic E-state index is 13.4. The first-order chi connectivity index (χ1) is 14.8. The third-order valence-corrected chi connectivity index (χ3v) is 5.99. The van der Waals surface area contributed by atoms with Crippen molar-refractivity contribution in [2.45, 2.75) is 27.7 Å². The lowest BCUT2D eigenvalue weighted by Gasteiger charge is -2.30. The van der Waals surface area contributed by atoms with E-state index in [0.29, 0.717) is 5.69 Å². The highest BCUT2D eigenvalue weighted by molar-refractivity contribution is 7.80. The monoisotopic (exact) mass is 429 g/mol. The molecule has 2 heterocycles. The van der Waals surface area contributed by atoms with Crippen molar-refractivity contribution in [2.24, 2.45) is 0 Å². The number of carbonyl (C=O) groups excluding carboxylic acids is 2. The lowest BCUT2D eigenvalue weighted by atomic mass is 10.0. The van der Waals surface area contributed by atoms with Crippen molar-refractivity contribution in [3.8, 4) is 5.69 Å². The van der Waals surface area contributed by atoms with Crippen LogP contribution in [0.2, 0.25) is 0 Å². The number of hydrogen-bond donors (Lipinski definition) is 1. The minimum absolute atomic E-state index is 0.0582. The Hall–Kier alpha value is -3.51. The van der Waals surface area contributed by atoms with Gasteiger partial charge >= 0.3 is 0 Å². The quantitative estimate of drug-likeness (QED) is 0.378. The Morgan fingerprint density at radius 1 is 0.935 bits per heavy atom. The lowest BCUT2D eigenvalue weighted by Crippen LogP contribution is -2.54. The fourth-order valence-electron chi connectivity index (χ4n) is 3.92. The average molecular weight is 430 g/mol. The molecule has 5 nitrogen and oxygen atoms in total. The molecule has 156 valence electrons. The number of hydrogen-bond acceptors (Lipinski definition) is 3. The first-order valence-corrected chi connectivity index (χ1v) is 10.4. The molecule has 1 aliphatic heterocycles. The minimum Gasteiger partial charge on any atom is -0.318 e. The predicted molar refractivity (Wildman–Crippen MR) is 127 cm³/mol. The molecular weight excluding hydrogens is 406 g/mol. The number of benzene rings is 2. The fourth-order valence-corrected chi connectivity index (χ4v) is 4.19. The second-order valence-corrected chi connectivity index (χ2v) is 8.06. The highest BCUT2D eigenvalue weighted by Crippen LogP contribution is 2.28. The van der Waals surface area contributed by atoms with Crippen LogP contribution in [-0.4, -0.2) is 21.5 Å². The van der Waals surface area contributed by atoms with Crippen molar-refractivity contribution in [3.05, 3.63) is 88.2 Å². The molecule has 0 unspecified atom stereocenters. The van der Waals surface area contributed by atoms with Gasteiger partial charge in [0.1, 0.15) is 5.57 Å². The van der Waals surface area contributed by atoms with Gasteiger partial charge in [-0.25, -0.2) is 0 Å². The third-order valence-electron chi connectivity index (χ3n) is 5.70.